The Hall–Kier alpha value is -1.27. The maximum Gasteiger partial charge on any atom is 0.242 e. The van der Waals surface area contributed by atoms with Gasteiger partial charge in [-0.2, -0.15) is 0 Å². The Balaban J connectivity index is 1.14. The lowest BCUT2D eigenvalue weighted by Crippen LogP contribution is -2.59. The molecule has 1 aromatic carbocycles. The molecule has 1 heterocycles. The van der Waals surface area contributed by atoms with Gasteiger partial charge >= 0.3 is 0 Å². The van der Waals surface area contributed by atoms with Crippen LogP contribution in [0.1, 0.15) is 38.5 Å². The number of carbonyl (C=O) groups is 2. The zero-order valence-electron chi connectivity index (χ0n) is 17.2. The van der Waals surface area contributed by atoms with E-state index < -0.39 is 0 Å². The average molecular weight is 495 g/mol. The van der Waals surface area contributed by atoms with Gasteiger partial charge in [-0.1, -0.05) is 27.5 Å². The number of hydrogen-bond donors (Lipinski definition) is 1. The Labute approximate surface area is 191 Å². The molecule has 6 rings (SSSR count). The van der Waals surface area contributed by atoms with Crippen LogP contribution in [0, 0.1) is 17.3 Å². The number of rotatable bonds is 4. The summed E-state index contributed by atoms with van der Waals surface area (Å²) in [4.78, 5) is 30.1. The Morgan fingerprint density at radius 1 is 1.03 bits per heavy atom. The summed E-state index contributed by atoms with van der Waals surface area (Å²) >= 11 is 9.94. The zero-order valence-corrected chi connectivity index (χ0v) is 19.6. The fourth-order valence-electron chi connectivity index (χ4n) is 6.74. The van der Waals surface area contributed by atoms with E-state index in [4.69, 9.17) is 11.6 Å². The van der Waals surface area contributed by atoms with Gasteiger partial charge in [0.15, 0.2) is 0 Å². The number of amides is 2. The zero-order chi connectivity index (χ0) is 20.9. The lowest BCUT2D eigenvalue weighted by molar-refractivity contribution is -0.146. The molecule has 2 atom stereocenters. The maximum atomic E-state index is 13.2. The van der Waals surface area contributed by atoms with Crippen LogP contribution in [0.4, 0.5) is 5.69 Å². The molecule has 30 heavy (non-hydrogen) atoms. The van der Waals surface area contributed by atoms with E-state index in [-0.39, 0.29) is 28.1 Å². The summed E-state index contributed by atoms with van der Waals surface area (Å²) in [6.45, 7) is 3.06. The van der Waals surface area contributed by atoms with Crippen molar-refractivity contribution in [3.63, 3.8) is 0 Å². The van der Waals surface area contributed by atoms with Gasteiger partial charge in [0.1, 0.15) is 0 Å². The molecule has 1 aromatic rings. The number of benzene rings is 1. The van der Waals surface area contributed by atoms with Crippen LogP contribution >= 0.6 is 27.5 Å². The van der Waals surface area contributed by atoms with Crippen molar-refractivity contribution in [3.8, 4) is 0 Å². The molecule has 2 amide bonds. The minimum absolute atomic E-state index is 0.0254. The van der Waals surface area contributed by atoms with Gasteiger partial charge in [0.2, 0.25) is 11.8 Å². The molecule has 5 nitrogen and oxygen atoms in total. The second-order valence-electron chi connectivity index (χ2n) is 9.92. The molecule has 5 fully saturated rings. The van der Waals surface area contributed by atoms with Gasteiger partial charge in [0.05, 0.1) is 12.0 Å². The van der Waals surface area contributed by atoms with Crippen molar-refractivity contribution in [1.82, 2.24) is 10.2 Å². The first-order chi connectivity index (χ1) is 14.3. The maximum absolute atomic E-state index is 13.2. The molecule has 1 aliphatic heterocycles. The van der Waals surface area contributed by atoms with Crippen molar-refractivity contribution in [1.29, 1.82) is 0 Å². The highest BCUT2D eigenvalue weighted by atomic mass is 79.9. The normalized spacial score (nSPS) is 34.9. The summed E-state index contributed by atoms with van der Waals surface area (Å²) in [5, 5.41) is 3.75. The SMILES string of the molecule is O=C(CNC(=O)C12CC3CC(CC(Br)(C3)C1)C2)N1CCN(c2ccc(Cl)cc2)CC1. The first-order valence-electron chi connectivity index (χ1n) is 11.1. The van der Waals surface area contributed by atoms with E-state index >= 15 is 0 Å². The van der Waals surface area contributed by atoms with Crippen molar-refractivity contribution in [2.24, 2.45) is 17.3 Å². The fourth-order valence-corrected chi connectivity index (χ4v) is 8.32. The van der Waals surface area contributed by atoms with Crippen LogP contribution in [-0.2, 0) is 9.59 Å². The third-order valence-electron chi connectivity index (χ3n) is 7.70. The average Bonchev–Trinajstić information content (AvgIpc) is 2.70. The largest absolute Gasteiger partial charge is 0.368 e. The van der Waals surface area contributed by atoms with Crippen LogP contribution in [0.15, 0.2) is 24.3 Å². The van der Waals surface area contributed by atoms with E-state index in [1.807, 2.05) is 29.2 Å². The van der Waals surface area contributed by atoms with Gasteiger partial charge in [-0.25, -0.2) is 0 Å². The van der Waals surface area contributed by atoms with Gasteiger partial charge in [-0.15, -0.1) is 0 Å². The molecule has 4 aliphatic carbocycles. The predicted molar refractivity (Wildman–Crippen MR) is 122 cm³/mol. The first-order valence-corrected chi connectivity index (χ1v) is 12.3. The molecule has 4 saturated carbocycles. The number of piperazine rings is 1. The standard InChI is InChI=1S/C23H29BrClN3O2/c24-23-12-16-9-17(13-23)11-22(10-16,15-23)21(30)26-14-20(29)28-7-5-27(6-8-28)19-3-1-18(25)2-4-19/h1-4,16-17H,5-15H2,(H,26,30). The summed E-state index contributed by atoms with van der Waals surface area (Å²) in [6, 6.07) is 7.82. The van der Waals surface area contributed by atoms with E-state index in [1.165, 1.54) is 19.3 Å². The molecule has 5 aliphatic rings. The minimum atomic E-state index is -0.263. The number of hydrogen-bond acceptors (Lipinski definition) is 3. The molecule has 0 aromatic heterocycles. The smallest absolute Gasteiger partial charge is 0.242 e. The van der Waals surface area contributed by atoms with Crippen LogP contribution in [0.3, 0.4) is 0 Å². The van der Waals surface area contributed by atoms with Crippen molar-refractivity contribution in [3.05, 3.63) is 29.3 Å². The van der Waals surface area contributed by atoms with E-state index in [2.05, 4.69) is 26.1 Å². The molecule has 1 saturated heterocycles. The third kappa shape index (κ3) is 3.86. The van der Waals surface area contributed by atoms with Gasteiger partial charge in [0, 0.05) is 41.2 Å². The molecule has 0 spiro atoms. The van der Waals surface area contributed by atoms with Crippen molar-refractivity contribution < 1.29 is 9.59 Å². The number of halogens is 2. The second-order valence-corrected chi connectivity index (χ2v) is 12.0. The topological polar surface area (TPSA) is 52.7 Å². The lowest BCUT2D eigenvalue weighted by Gasteiger charge is -2.59. The van der Waals surface area contributed by atoms with Gasteiger partial charge in [0.25, 0.3) is 0 Å². The lowest BCUT2D eigenvalue weighted by atomic mass is 9.49. The van der Waals surface area contributed by atoms with Gasteiger partial charge < -0.3 is 15.1 Å². The summed E-state index contributed by atoms with van der Waals surface area (Å²) in [5.41, 5.74) is 0.867. The predicted octanol–water partition coefficient (Wildman–Crippen LogP) is 3.84. The van der Waals surface area contributed by atoms with Crippen LogP contribution in [-0.4, -0.2) is 53.8 Å². The van der Waals surface area contributed by atoms with Crippen molar-refractivity contribution >= 4 is 45.0 Å². The molecule has 4 bridgehead atoms. The van der Waals surface area contributed by atoms with E-state index in [9.17, 15) is 9.59 Å². The Morgan fingerprint density at radius 3 is 2.27 bits per heavy atom. The van der Waals surface area contributed by atoms with E-state index in [1.54, 1.807) is 0 Å². The monoisotopic (exact) mass is 493 g/mol. The number of alkyl halides is 1. The van der Waals surface area contributed by atoms with Gasteiger partial charge in [-0.05, 0) is 74.6 Å². The fraction of sp³-hybridized carbons (Fsp3) is 0.652. The molecule has 7 heteroatoms. The molecule has 2 unspecified atom stereocenters. The van der Waals surface area contributed by atoms with Crippen LogP contribution in [0.25, 0.3) is 0 Å². The molecule has 1 N–H and O–H groups in total. The van der Waals surface area contributed by atoms with E-state index in [0.29, 0.717) is 24.9 Å². The number of nitrogens with one attached hydrogen (secondary N) is 1. The Bertz CT molecular complexity index is 823. The third-order valence-corrected chi connectivity index (χ3v) is 8.88. The Kier molecular flexibility index (Phi) is 5.29. The summed E-state index contributed by atoms with van der Waals surface area (Å²) in [6.07, 6.45) is 6.60. The quantitative estimate of drug-likeness (QED) is 0.647. The van der Waals surface area contributed by atoms with Crippen molar-refractivity contribution in [2.45, 2.75) is 42.8 Å². The van der Waals surface area contributed by atoms with Crippen LogP contribution in [0.2, 0.25) is 5.02 Å². The van der Waals surface area contributed by atoms with Gasteiger partial charge in [-0.3, -0.25) is 9.59 Å². The molecular weight excluding hydrogens is 466 g/mol. The second kappa shape index (κ2) is 7.70. The highest BCUT2D eigenvalue weighted by Gasteiger charge is 2.59. The summed E-state index contributed by atoms with van der Waals surface area (Å²) < 4.78 is 0.149. The number of anilines is 1. The molecular formula is C23H29BrClN3O2. The highest BCUT2D eigenvalue weighted by Crippen LogP contribution is 2.64. The molecule has 0 radical (unpaired) electrons. The summed E-state index contributed by atoms with van der Waals surface area (Å²) in [7, 11) is 0. The number of carbonyl (C=O) groups excluding carboxylic acids is 2. The van der Waals surface area contributed by atoms with Crippen LogP contribution < -0.4 is 10.2 Å². The number of nitrogens with zero attached hydrogens (tertiary/aromatic N) is 2. The van der Waals surface area contributed by atoms with Crippen LogP contribution in [0.5, 0.6) is 0 Å². The van der Waals surface area contributed by atoms with Crippen molar-refractivity contribution in [2.75, 3.05) is 37.6 Å². The Morgan fingerprint density at radius 2 is 1.67 bits per heavy atom. The first kappa shape index (κ1) is 20.6. The molecule has 162 valence electrons. The highest BCUT2D eigenvalue weighted by molar-refractivity contribution is 9.10. The summed E-state index contributed by atoms with van der Waals surface area (Å²) in [5.74, 6) is 1.45. The van der Waals surface area contributed by atoms with E-state index in [0.717, 1.165) is 43.1 Å². The minimum Gasteiger partial charge on any atom is -0.368 e.